The van der Waals surface area contributed by atoms with E-state index in [1.165, 1.54) is 12.1 Å². The summed E-state index contributed by atoms with van der Waals surface area (Å²) in [6.45, 7) is 6.22. The number of hydrogen-bond acceptors (Lipinski definition) is 2. The van der Waals surface area contributed by atoms with Crippen LogP contribution in [-0.2, 0) is 6.54 Å². The number of imidazole rings is 1. The Labute approximate surface area is 99.6 Å². The van der Waals surface area contributed by atoms with Gasteiger partial charge in [0.15, 0.2) is 0 Å². The van der Waals surface area contributed by atoms with E-state index < -0.39 is 0 Å². The van der Waals surface area contributed by atoms with E-state index in [2.05, 4.69) is 16.9 Å². The minimum atomic E-state index is -0.234. The molecule has 0 fully saturated rings. The van der Waals surface area contributed by atoms with E-state index in [1.54, 1.807) is 18.3 Å². The maximum Gasteiger partial charge on any atom is 0.207 e. The number of anilines is 2. The lowest BCUT2D eigenvalue weighted by Gasteiger charge is -2.10. The van der Waals surface area contributed by atoms with Crippen molar-refractivity contribution >= 4 is 11.6 Å². The molecule has 0 amide bonds. The molecule has 3 nitrogen and oxygen atoms in total. The molecule has 1 heterocycles. The molecule has 0 spiro atoms. The van der Waals surface area contributed by atoms with Gasteiger partial charge in [0.2, 0.25) is 5.95 Å². The average molecular weight is 231 g/mol. The van der Waals surface area contributed by atoms with Crippen LogP contribution in [-0.4, -0.2) is 9.55 Å². The predicted octanol–water partition coefficient (Wildman–Crippen LogP) is 3.26. The normalized spacial score (nSPS) is 10.2. The molecule has 0 aliphatic heterocycles. The van der Waals surface area contributed by atoms with Crippen LogP contribution < -0.4 is 5.32 Å². The molecule has 0 unspecified atom stereocenters. The topological polar surface area (TPSA) is 29.9 Å². The van der Waals surface area contributed by atoms with Gasteiger partial charge in [0.1, 0.15) is 5.82 Å². The molecule has 0 saturated carbocycles. The second kappa shape index (κ2) is 4.82. The Bertz CT molecular complexity index is 531. The average Bonchev–Trinajstić information content (AvgIpc) is 2.71. The maximum atomic E-state index is 13.0. The summed E-state index contributed by atoms with van der Waals surface area (Å²) in [5.41, 5.74) is 1.70. The van der Waals surface area contributed by atoms with Gasteiger partial charge in [-0.3, -0.25) is 0 Å². The van der Waals surface area contributed by atoms with Gasteiger partial charge < -0.3 is 9.88 Å². The summed E-state index contributed by atoms with van der Waals surface area (Å²) < 4.78 is 14.9. The molecule has 88 valence electrons. The van der Waals surface area contributed by atoms with Gasteiger partial charge in [-0.15, -0.1) is 6.58 Å². The van der Waals surface area contributed by atoms with E-state index in [4.69, 9.17) is 0 Å². The van der Waals surface area contributed by atoms with Crippen molar-refractivity contribution < 1.29 is 4.39 Å². The first-order valence-corrected chi connectivity index (χ1v) is 5.36. The molecule has 2 aromatic rings. The first-order valence-electron chi connectivity index (χ1n) is 5.36. The van der Waals surface area contributed by atoms with E-state index in [1.807, 2.05) is 17.7 Å². The maximum absolute atomic E-state index is 13.0. The Balaban J connectivity index is 2.25. The molecule has 1 aromatic carbocycles. The van der Waals surface area contributed by atoms with Crippen LogP contribution in [0, 0.1) is 12.7 Å². The van der Waals surface area contributed by atoms with Crippen LogP contribution in [0.1, 0.15) is 5.56 Å². The SMILES string of the molecule is C=CCn1ccnc1Nc1ccc(F)cc1C. The van der Waals surface area contributed by atoms with Gasteiger partial charge in [0.05, 0.1) is 0 Å². The molecule has 4 heteroatoms. The van der Waals surface area contributed by atoms with E-state index in [0.29, 0.717) is 6.54 Å². The number of aryl methyl sites for hydroxylation is 1. The van der Waals surface area contributed by atoms with Crippen LogP contribution in [0.25, 0.3) is 0 Å². The standard InChI is InChI=1S/C13H14FN3/c1-3-7-17-8-6-15-13(17)16-12-5-4-11(14)9-10(12)2/h3-6,8-9H,1,7H2,2H3,(H,15,16). The van der Waals surface area contributed by atoms with Crippen molar-refractivity contribution in [3.05, 3.63) is 54.6 Å². The number of benzene rings is 1. The summed E-state index contributed by atoms with van der Waals surface area (Å²) in [6.07, 6.45) is 5.37. The molecule has 0 aliphatic rings. The summed E-state index contributed by atoms with van der Waals surface area (Å²) in [5.74, 6) is 0.488. The van der Waals surface area contributed by atoms with Crippen LogP contribution in [0.5, 0.6) is 0 Å². The van der Waals surface area contributed by atoms with Crippen LogP contribution in [0.2, 0.25) is 0 Å². The number of aromatic nitrogens is 2. The zero-order valence-electron chi connectivity index (χ0n) is 9.65. The van der Waals surface area contributed by atoms with Gasteiger partial charge in [0, 0.05) is 24.6 Å². The lowest BCUT2D eigenvalue weighted by molar-refractivity contribution is 0.627. The number of halogens is 1. The number of hydrogen-bond donors (Lipinski definition) is 1. The third-order valence-corrected chi connectivity index (χ3v) is 2.48. The quantitative estimate of drug-likeness (QED) is 0.818. The van der Waals surface area contributed by atoms with E-state index in [9.17, 15) is 4.39 Å². The van der Waals surface area contributed by atoms with E-state index in [-0.39, 0.29) is 5.82 Å². The van der Waals surface area contributed by atoms with Crippen molar-refractivity contribution in [1.82, 2.24) is 9.55 Å². The highest BCUT2D eigenvalue weighted by Gasteiger charge is 2.04. The molecule has 0 saturated heterocycles. The van der Waals surface area contributed by atoms with Gasteiger partial charge in [0.25, 0.3) is 0 Å². The molecule has 1 aromatic heterocycles. The highest BCUT2D eigenvalue weighted by Crippen LogP contribution is 2.20. The second-order valence-electron chi connectivity index (χ2n) is 3.78. The number of rotatable bonds is 4. The predicted molar refractivity (Wildman–Crippen MR) is 66.8 cm³/mol. The van der Waals surface area contributed by atoms with Gasteiger partial charge in [-0.1, -0.05) is 6.08 Å². The lowest BCUT2D eigenvalue weighted by atomic mass is 10.2. The van der Waals surface area contributed by atoms with Crippen molar-refractivity contribution in [1.29, 1.82) is 0 Å². The fourth-order valence-corrected chi connectivity index (χ4v) is 1.61. The number of nitrogens with one attached hydrogen (secondary N) is 1. The van der Waals surface area contributed by atoms with Gasteiger partial charge in [-0.05, 0) is 30.7 Å². The molecule has 0 radical (unpaired) electrons. The van der Waals surface area contributed by atoms with Crippen molar-refractivity contribution in [3.8, 4) is 0 Å². The minimum Gasteiger partial charge on any atom is -0.325 e. The summed E-state index contributed by atoms with van der Waals surface area (Å²) >= 11 is 0. The zero-order valence-corrected chi connectivity index (χ0v) is 9.65. The molecule has 0 bridgehead atoms. The van der Waals surface area contributed by atoms with Crippen LogP contribution in [0.4, 0.5) is 16.0 Å². The summed E-state index contributed by atoms with van der Waals surface area (Å²) in [5, 5.41) is 3.17. The van der Waals surface area contributed by atoms with E-state index in [0.717, 1.165) is 17.2 Å². The van der Waals surface area contributed by atoms with Crippen molar-refractivity contribution in [2.24, 2.45) is 0 Å². The summed E-state index contributed by atoms with van der Waals surface area (Å²) in [6, 6.07) is 4.62. The largest absolute Gasteiger partial charge is 0.325 e. The fourth-order valence-electron chi connectivity index (χ4n) is 1.61. The summed E-state index contributed by atoms with van der Waals surface area (Å²) in [7, 11) is 0. The number of allylic oxidation sites excluding steroid dienone is 1. The van der Waals surface area contributed by atoms with Crippen LogP contribution in [0.15, 0.2) is 43.2 Å². The Morgan fingerprint density at radius 2 is 2.35 bits per heavy atom. The van der Waals surface area contributed by atoms with Gasteiger partial charge in [-0.25, -0.2) is 9.37 Å². The smallest absolute Gasteiger partial charge is 0.207 e. The minimum absolute atomic E-state index is 0.234. The molecule has 0 aliphatic carbocycles. The van der Waals surface area contributed by atoms with Gasteiger partial charge in [-0.2, -0.15) is 0 Å². The first-order chi connectivity index (χ1) is 8.20. The third kappa shape index (κ3) is 2.53. The molecular weight excluding hydrogens is 217 g/mol. The third-order valence-electron chi connectivity index (χ3n) is 2.48. The van der Waals surface area contributed by atoms with Crippen molar-refractivity contribution in [2.45, 2.75) is 13.5 Å². The summed E-state index contributed by atoms with van der Waals surface area (Å²) in [4.78, 5) is 4.20. The molecular formula is C13H14FN3. The van der Waals surface area contributed by atoms with Crippen molar-refractivity contribution in [3.63, 3.8) is 0 Å². The second-order valence-corrected chi connectivity index (χ2v) is 3.78. The Morgan fingerprint density at radius 1 is 1.53 bits per heavy atom. The number of nitrogens with zero attached hydrogens (tertiary/aromatic N) is 2. The highest BCUT2D eigenvalue weighted by atomic mass is 19.1. The van der Waals surface area contributed by atoms with E-state index >= 15 is 0 Å². The molecule has 2 rings (SSSR count). The first kappa shape index (κ1) is 11.4. The van der Waals surface area contributed by atoms with Crippen molar-refractivity contribution in [2.75, 3.05) is 5.32 Å². The molecule has 0 atom stereocenters. The Kier molecular flexibility index (Phi) is 3.23. The fraction of sp³-hybridized carbons (Fsp3) is 0.154. The monoisotopic (exact) mass is 231 g/mol. The zero-order chi connectivity index (χ0) is 12.3. The van der Waals surface area contributed by atoms with Gasteiger partial charge >= 0.3 is 0 Å². The van der Waals surface area contributed by atoms with Crippen LogP contribution in [0.3, 0.4) is 0 Å². The molecule has 17 heavy (non-hydrogen) atoms. The highest BCUT2D eigenvalue weighted by molar-refractivity contribution is 5.58. The van der Waals surface area contributed by atoms with Crippen LogP contribution >= 0.6 is 0 Å². The Hall–Kier alpha value is -2.10. The Morgan fingerprint density at radius 3 is 3.06 bits per heavy atom. The lowest BCUT2D eigenvalue weighted by Crippen LogP contribution is -2.03. The molecule has 1 N–H and O–H groups in total.